The van der Waals surface area contributed by atoms with Crippen molar-refractivity contribution in [2.45, 2.75) is 25.3 Å². The van der Waals surface area contributed by atoms with Crippen LogP contribution in [0.2, 0.25) is 0 Å². The number of hydrogen-bond acceptors (Lipinski definition) is 5. The van der Waals surface area contributed by atoms with Crippen molar-refractivity contribution in [1.82, 2.24) is 0 Å². The largest absolute Gasteiger partial charge is 0.491 e. The van der Waals surface area contributed by atoms with Gasteiger partial charge in [0.1, 0.15) is 16.9 Å². The maximum atomic E-state index is 6.05. The van der Waals surface area contributed by atoms with Crippen LogP contribution in [0.5, 0.6) is 5.75 Å². The Labute approximate surface area is 112 Å². The highest BCUT2D eigenvalue weighted by Crippen LogP contribution is 2.32. The smallest absolute Gasteiger partial charge is 0.147 e. The van der Waals surface area contributed by atoms with Gasteiger partial charge in [-0.2, -0.15) is 5.10 Å². The van der Waals surface area contributed by atoms with Crippen LogP contribution >= 0.6 is 11.8 Å². The van der Waals surface area contributed by atoms with Crippen LogP contribution in [0.1, 0.15) is 19.8 Å². The van der Waals surface area contributed by atoms with E-state index in [2.05, 4.69) is 12.0 Å². The van der Waals surface area contributed by atoms with Crippen molar-refractivity contribution >= 4 is 23.7 Å². The zero-order valence-corrected chi connectivity index (χ0v) is 11.4. The maximum absolute atomic E-state index is 6.05. The Hall–Kier alpha value is -1.20. The van der Waals surface area contributed by atoms with E-state index >= 15 is 0 Å². The van der Waals surface area contributed by atoms with Gasteiger partial charge in [0.25, 0.3) is 0 Å². The van der Waals surface area contributed by atoms with Crippen LogP contribution in [0.3, 0.4) is 0 Å². The molecule has 0 aromatic heterocycles. The summed E-state index contributed by atoms with van der Waals surface area (Å²) in [7, 11) is 0. The van der Waals surface area contributed by atoms with Gasteiger partial charge >= 0.3 is 0 Å². The van der Waals surface area contributed by atoms with E-state index in [1.54, 1.807) is 11.8 Å². The van der Waals surface area contributed by atoms with E-state index in [9.17, 15) is 0 Å². The summed E-state index contributed by atoms with van der Waals surface area (Å²) in [4.78, 5) is 0. The highest BCUT2D eigenvalue weighted by molar-refractivity contribution is 8.00. The number of hydrazone groups is 1. The van der Waals surface area contributed by atoms with Crippen molar-refractivity contribution in [3.8, 4) is 5.75 Å². The van der Waals surface area contributed by atoms with E-state index in [1.807, 2.05) is 35.5 Å². The molecule has 0 saturated carbocycles. The molecule has 18 heavy (non-hydrogen) atoms. The Morgan fingerprint density at radius 2 is 2.33 bits per heavy atom. The first-order valence-corrected chi connectivity index (χ1v) is 7.28. The van der Waals surface area contributed by atoms with E-state index in [0.29, 0.717) is 0 Å². The number of para-hydroxylation sites is 2. The summed E-state index contributed by atoms with van der Waals surface area (Å²) in [6, 6.07) is 7.90. The molecule has 2 rings (SSSR count). The van der Waals surface area contributed by atoms with E-state index in [4.69, 9.17) is 10.5 Å². The zero-order chi connectivity index (χ0) is 12.8. The van der Waals surface area contributed by atoms with E-state index < -0.39 is 0 Å². The second kappa shape index (κ2) is 6.66. The van der Waals surface area contributed by atoms with E-state index in [-0.39, 0.29) is 5.50 Å². The molecule has 1 atom stereocenters. The number of benzene rings is 1. The van der Waals surface area contributed by atoms with Crippen LogP contribution < -0.4 is 15.5 Å². The van der Waals surface area contributed by atoms with Crippen molar-refractivity contribution in [1.29, 1.82) is 0 Å². The molecule has 5 heteroatoms. The Morgan fingerprint density at radius 3 is 3.11 bits per heavy atom. The molecule has 0 bridgehead atoms. The molecule has 1 aromatic rings. The standard InChI is InChI=1S/C13H19N3OS/c1-2-3-9-17-12-7-5-4-6-11(12)16-13(14)18-10-8-15-16/h4-8,13H,2-3,9-10,14H2,1H3. The first-order chi connectivity index (χ1) is 8.83. The minimum Gasteiger partial charge on any atom is -0.491 e. The minimum absolute atomic E-state index is 0.147. The lowest BCUT2D eigenvalue weighted by atomic mass is 10.3. The van der Waals surface area contributed by atoms with Crippen molar-refractivity contribution in [3.05, 3.63) is 24.3 Å². The van der Waals surface area contributed by atoms with Crippen molar-refractivity contribution < 1.29 is 4.74 Å². The second-order valence-electron chi connectivity index (χ2n) is 4.04. The normalized spacial score (nSPS) is 19.0. The zero-order valence-electron chi connectivity index (χ0n) is 10.6. The van der Waals surface area contributed by atoms with Gasteiger partial charge in [0.2, 0.25) is 0 Å². The Morgan fingerprint density at radius 1 is 1.50 bits per heavy atom. The third kappa shape index (κ3) is 3.17. The van der Waals surface area contributed by atoms with Crippen LogP contribution in [-0.4, -0.2) is 24.1 Å². The average Bonchev–Trinajstić information content (AvgIpc) is 2.40. The molecule has 98 valence electrons. The molecule has 1 aromatic carbocycles. The van der Waals surface area contributed by atoms with Crippen LogP contribution in [-0.2, 0) is 0 Å². The summed E-state index contributed by atoms with van der Waals surface area (Å²) in [5, 5.41) is 6.17. The van der Waals surface area contributed by atoms with Crippen molar-refractivity contribution in [3.63, 3.8) is 0 Å². The van der Waals surface area contributed by atoms with E-state index in [0.717, 1.165) is 36.6 Å². The van der Waals surface area contributed by atoms with Crippen LogP contribution in [0.15, 0.2) is 29.4 Å². The number of nitrogens with zero attached hydrogens (tertiary/aromatic N) is 2. The number of rotatable bonds is 5. The Bertz CT molecular complexity index is 411. The summed E-state index contributed by atoms with van der Waals surface area (Å²) < 4.78 is 5.80. The molecular weight excluding hydrogens is 246 g/mol. The summed E-state index contributed by atoms with van der Waals surface area (Å²) in [6.07, 6.45) is 4.05. The average molecular weight is 265 g/mol. The molecule has 1 aliphatic heterocycles. The third-order valence-electron chi connectivity index (χ3n) is 2.66. The molecule has 0 spiro atoms. The van der Waals surface area contributed by atoms with Gasteiger partial charge in [0, 0.05) is 12.0 Å². The number of anilines is 1. The lowest BCUT2D eigenvalue weighted by molar-refractivity contribution is 0.309. The summed E-state index contributed by atoms with van der Waals surface area (Å²) in [6.45, 7) is 2.88. The first kappa shape index (κ1) is 13.2. The SMILES string of the molecule is CCCCOc1ccccc1N1N=CCSC1N. The molecule has 0 saturated heterocycles. The van der Waals surface area contributed by atoms with Gasteiger partial charge in [-0.25, -0.2) is 5.01 Å². The van der Waals surface area contributed by atoms with Gasteiger partial charge in [-0.1, -0.05) is 25.5 Å². The fraction of sp³-hybridized carbons (Fsp3) is 0.462. The van der Waals surface area contributed by atoms with Gasteiger partial charge in [-0.3, -0.25) is 0 Å². The number of ether oxygens (including phenoxy) is 1. The minimum atomic E-state index is -0.147. The summed E-state index contributed by atoms with van der Waals surface area (Å²) in [5.74, 6) is 1.71. The maximum Gasteiger partial charge on any atom is 0.147 e. The first-order valence-electron chi connectivity index (χ1n) is 6.23. The topological polar surface area (TPSA) is 50.8 Å². The molecule has 2 N–H and O–H groups in total. The fourth-order valence-corrected chi connectivity index (χ4v) is 2.35. The molecule has 0 aliphatic carbocycles. The highest BCUT2D eigenvalue weighted by Gasteiger charge is 2.20. The van der Waals surface area contributed by atoms with Crippen LogP contribution in [0, 0.1) is 0 Å². The molecule has 0 radical (unpaired) electrons. The van der Waals surface area contributed by atoms with Crippen molar-refractivity contribution in [2.75, 3.05) is 17.4 Å². The molecule has 0 fully saturated rings. The second-order valence-corrected chi connectivity index (χ2v) is 5.19. The van der Waals surface area contributed by atoms with Gasteiger partial charge < -0.3 is 10.5 Å². The predicted molar refractivity (Wildman–Crippen MR) is 78.2 cm³/mol. The van der Waals surface area contributed by atoms with Crippen molar-refractivity contribution in [2.24, 2.45) is 10.8 Å². The predicted octanol–water partition coefficient (Wildman–Crippen LogP) is 2.65. The quantitative estimate of drug-likeness (QED) is 0.832. The summed E-state index contributed by atoms with van der Waals surface area (Å²) >= 11 is 1.66. The number of nitrogens with two attached hydrogens (primary N) is 1. The molecule has 1 unspecified atom stereocenters. The summed E-state index contributed by atoms with van der Waals surface area (Å²) in [5.41, 5.74) is 6.84. The molecule has 1 heterocycles. The van der Waals surface area contributed by atoms with Gasteiger partial charge in [0.05, 0.1) is 6.61 Å². The number of thioether (sulfide) groups is 1. The van der Waals surface area contributed by atoms with Gasteiger partial charge in [-0.05, 0) is 18.6 Å². The van der Waals surface area contributed by atoms with Gasteiger partial charge in [-0.15, -0.1) is 11.8 Å². The molecular formula is C13H19N3OS. The van der Waals surface area contributed by atoms with E-state index in [1.165, 1.54) is 0 Å². The highest BCUT2D eigenvalue weighted by atomic mass is 32.2. The number of unbranched alkanes of at least 4 members (excludes halogenated alkanes) is 1. The molecule has 1 aliphatic rings. The fourth-order valence-electron chi connectivity index (χ4n) is 1.69. The monoisotopic (exact) mass is 265 g/mol. The Balaban J connectivity index is 2.15. The molecule has 0 amide bonds. The van der Waals surface area contributed by atoms with Crippen LogP contribution in [0.25, 0.3) is 0 Å². The van der Waals surface area contributed by atoms with Crippen LogP contribution in [0.4, 0.5) is 5.69 Å². The number of hydrogen-bond donors (Lipinski definition) is 1. The molecule has 4 nitrogen and oxygen atoms in total. The lowest BCUT2D eigenvalue weighted by Gasteiger charge is -2.29. The third-order valence-corrected chi connectivity index (χ3v) is 3.54. The Kier molecular flexibility index (Phi) is 4.90. The van der Waals surface area contributed by atoms with Gasteiger partial charge in [0.15, 0.2) is 0 Å². The lowest BCUT2D eigenvalue weighted by Crippen LogP contribution is -2.38.